The lowest BCUT2D eigenvalue weighted by Gasteiger charge is -2.16. The summed E-state index contributed by atoms with van der Waals surface area (Å²) in [7, 11) is -2.26. The highest BCUT2D eigenvalue weighted by molar-refractivity contribution is 7.89. The summed E-state index contributed by atoms with van der Waals surface area (Å²) < 4.78 is 31.5. The summed E-state index contributed by atoms with van der Waals surface area (Å²) in [6, 6.07) is 5.70. The first kappa shape index (κ1) is 18.4. The van der Waals surface area contributed by atoms with Gasteiger partial charge >= 0.3 is 5.97 Å². The third kappa shape index (κ3) is 4.31. The van der Waals surface area contributed by atoms with Crippen LogP contribution in [-0.4, -0.2) is 63.7 Å². The lowest BCUT2D eigenvalue weighted by atomic mass is 10.1. The van der Waals surface area contributed by atoms with Gasteiger partial charge in [-0.25, -0.2) is 13.1 Å². The second kappa shape index (κ2) is 7.73. The Morgan fingerprint density at radius 2 is 2.17 bits per heavy atom. The minimum atomic E-state index is -3.73. The molecule has 0 spiro atoms. The van der Waals surface area contributed by atoms with Crippen molar-refractivity contribution in [3.63, 3.8) is 0 Å². The molecule has 132 valence electrons. The molecule has 24 heavy (non-hydrogen) atoms. The predicted octanol–water partition coefficient (Wildman–Crippen LogP) is 0.158. The number of nitrogens with one attached hydrogen (secondary N) is 1. The molecule has 2 rings (SSSR count). The Kier molecular flexibility index (Phi) is 5.92. The smallest absolute Gasteiger partial charge is 0.308 e. The molecule has 8 nitrogen and oxygen atoms in total. The molecule has 0 radical (unpaired) electrons. The number of carboxylic acid groups (broad SMARTS) is 1. The molecule has 1 aromatic rings. The first-order valence-corrected chi connectivity index (χ1v) is 8.94. The molecule has 1 aromatic carbocycles. The average molecular weight is 356 g/mol. The van der Waals surface area contributed by atoms with Crippen LogP contribution >= 0.6 is 0 Å². The van der Waals surface area contributed by atoms with Gasteiger partial charge in [0.05, 0.1) is 17.4 Å². The molecule has 2 N–H and O–H groups in total. The highest BCUT2D eigenvalue weighted by atomic mass is 32.2. The molecule has 1 aliphatic rings. The van der Waals surface area contributed by atoms with Crippen molar-refractivity contribution in [2.75, 3.05) is 33.4 Å². The molecule has 0 aromatic heterocycles. The molecule has 0 saturated carbocycles. The second-order valence-electron chi connectivity index (χ2n) is 5.49. The summed E-state index contributed by atoms with van der Waals surface area (Å²) in [5.74, 6) is -1.87. The Hall–Kier alpha value is -1.97. The molecule has 9 heteroatoms. The predicted molar refractivity (Wildman–Crippen MR) is 85.2 cm³/mol. The zero-order valence-corrected chi connectivity index (χ0v) is 14.1. The minimum absolute atomic E-state index is 0.0153. The van der Waals surface area contributed by atoms with E-state index in [0.717, 1.165) is 0 Å². The molecule has 0 bridgehead atoms. The number of nitrogens with zero attached hydrogens (tertiary/aromatic N) is 1. The first-order chi connectivity index (χ1) is 11.3. The molecule has 1 saturated heterocycles. The lowest BCUT2D eigenvalue weighted by molar-refractivity contribution is -0.141. The number of amides is 1. The van der Waals surface area contributed by atoms with E-state index in [1.54, 1.807) is 0 Å². The van der Waals surface area contributed by atoms with Gasteiger partial charge in [0.15, 0.2) is 0 Å². The van der Waals surface area contributed by atoms with Crippen LogP contribution in [0.4, 0.5) is 0 Å². The van der Waals surface area contributed by atoms with Crippen molar-refractivity contribution in [1.82, 2.24) is 9.62 Å². The maximum Gasteiger partial charge on any atom is 0.308 e. The molecular formula is C15H20N2O6S. The van der Waals surface area contributed by atoms with E-state index in [2.05, 4.69) is 4.72 Å². The second-order valence-corrected chi connectivity index (χ2v) is 7.26. The first-order valence-electron chi connectivity index (χ1n) is 7.46. The zero-order chi connectivity index (χ0) is 17.7. The number of carbonyl (C=O) groups is 2. The van der Waals surface area contributed by atoms with Crippen LogP contribution in [0.15, 0.2) is 29.2 Å². The number of likely N-dealkylation sites (tertiary alicyclic amines) is 1. The summed E-state index contributed by atoms with van der Waals surface area (Å²) in [5.41, 5.74) is 0.218. The number of carbonyl (C=O) groups excluding carboxylic acids is 1. The Labute approximate surface area is 140 Å². The number of hydrogen-bond acceptors (Lipinski definition) is 5. The van der Waals surface area contributed by atoms with Crippen molar-refractivity contribution in [1.29, 1.82) is 0 Å². The summed E-state index contributed by atoms with van der Waals surface area (Å²) in [6.45, 7) is 0.849. The van der Waals surface area contributed by atoms with Crippen LogP contribution in [0.3, 0.4) is 0 Å². The van der Waals surface area contributed by atoms with E-state index in [4.69, 9.17) is 9.84 Å². The van der Waals surface area contributed by atoms with Crippen molar-refractivity contribution < 1.29 is 27.9 Å². The van der Waals surface area contributed by atoms with Crippen LogP contribution < -0.4 is 4.72 Å². The molecule has 1 heterocycles. The van der Waals surface area contributed by atoms with Crippen LogP contribution in [0, 0.1) is 5.92 Å². The van der Waals surface area contributed by atoms with Crippen LogP contribution in [0.1, 0.15) is 16.8 Å². The van der Waals surface area contributed by atoms with Crippen molar-refractivity contribution in [3.8, 4) is 0 Å². The highest BCUT2D eigenvalue weighted by Crippen LogP contribution is 2.20. The van der Waals surface area contributed by atoms with E-state index >= 15 is 0 Å². The number of hydrogen-bond donors (Lipinski definition) is 2. The van der Waals surface area contributed by atoms with Crippen molar-refractivity contribution in [3.05, 3.63) is 29.8 Å². The maximum absolute atomic E-state index is 12.5. The molecular weight excluding hydrogens is 336 g/mol. The molecule has 1 unspecified atom stereocenters. The number of aliphatic carboxylic acids is 1. The van der Waals surface area contributed by atoms with Gasteiger partial charge in [-0.15, -0.1) is 0 Å². The Morgan fingerprint density at radius 1 is 1.42 bits per heavy atom. The van der Waals surface area contributed by atoms with E-state index in [0.29, 0.717) is 13.0 Å². The molecule has 1 aliphatic heterocycles. The third-order valence-corrected chi connectivity index (χ3v) is 5.27. The van der Waals surface area contributed by atoms with Crippen LogP contribution in [0.2, 0.25) is 0 Å². The van der Waals surface area contributed by atoms with E-state index in [9.17, 15) is 18.0 Å². The largest absolute Gasteiger partial charge is 0.481 e. The summed E-state index contributed by atoms with van der Waals surface area (Å²) in [5, 5.41) is 9.00. The zero-order valence-electron chi connectivity index (χ0n) is 13.3. The standard InChI is InChI=1S/C15H20N2O6S/c1-23-8-6-16-24(21,22)13-4-2-3-11(9-13)14(18)17-7-5-12(10-17)15(19)20/h2-4,9,12,16H,5-8,10H2,1H3,(H,19,20). The maximum atomic E-state index is 12.5. The van der Waals surface area contributed by atoms with E-state index < -0.39 is 21.9 Å². The highest BCUT2D eigenvalue weighted by Gasteiger charge is 2.31. The number of ether oxygens (including phenoxy) is 1. The van der Waals surface area contributed by atoms with Gasteiger partial charge in [-0.05, 0) is 24.6 Å². The van der Waals surface area contributed by atoms with E-state index in [-0.39, 0.29) is 36.1 Å². The number of carboxylic acids is 1. The molecule has 1 atom stereocenters. The SMILES string of the molecule is COCCNS(=O)(=O)c1cccc(C(=O)N2CCC(C(=O)O)C2)c1. The van der Waals surface area contributed by atoms with E-state index in [1.165, 1.54) is 36.3 Å². The third-order valence-electron chi connectivity index (χ3n) is 3.81. The average Bonchev–Trinajstić information content (AvgIpc) is 3.05. The lowest BCUT2D eigenvalue weighted by Crippen LogP contribution is -2.30. The van der Waals surface area contributed by atoms with E-state index in [1.807, 2.05) is 0 Å². The number of benzene rings is 1. The van der Waals surface area contributed by atoms with Crippen molar-refractivity contribution in [2.45, 2.75) is 11.3 Å². The fraction of sp³-hybridized carbons (Fsp3) is 0.467. The minimum Gasteiger partial charge on any atom is -0.481 e. The van der Waals surface area contributed by atoms with Gasteiger partial charge in [-0.2, -0.15) is 0 Å². The van der Waals surface area contributed by atoms with Crippen LogP contribution in [-0.2, 0) is 19.6 Å². The Morgan fingerprint density at radius 3 is 2.79 bits per heavy atom. The van der Waals surface area contributed by atoms with Gasteiger partial charge in [0.1, 0.15) is 0 Å². The van der Waals surface area contributed by atoms with Gasteiger partial charge in [0, 0.05) is 32.3 Å². The van der Waals surface area contributed by atoms with Crippen molar-refractivity contribution >= 4 is 21.9 Å². The van der Waals surface area contributed by atoms with Gasteiger partial charge in [-0.3, -0.25) is 9.59 Å². The molecule has 0 aliphatic carbocycles. The fourth-order valence-corrected chi connectivity index (χ4v) is 3.55. The van der Waals surface area contributed by atoms with Gasteiger partial charge < -0.3 is 14.7 Å². The summed E-state index contributed by atoms with van der Waals surface area (Å²) >= 11 is 0. The monoisotopic (exact) mass is 356 g/mol. The molecule has 1 fully saturated rings. The van der Waals surface area contributed by atoms with Crippen LogP contribution in [0.5, 0.6) is 0 Å². The quantitative estimate of drug-likeness (QED) is 0.673. The van der Waals surface area contributed by atoms with Crippen molar-refractivity contribution in [2.24, 2.45) is 5.92 Å². The number of sulfonamides is 1. The van der Waals surface area contributed by atoms with Gasteiger partial charge in [-0.1, -0.05) is 6.07 Å². The Balaban J connectivity index is 2.12. The normalized spacial score (nSPS) is 17.9. The fourth-order valence-electron chi connectivity index (χ4n) is 2.49. The topological polar surface area (TPSA) is 113 Å². The van der Waals surface area contributed by atoms with Crippen LogP contribution in [0.25, 0.3) is 0 Å². The number of methoxy groups -OCH3 is 1. The van der Waals surface area contributed by atoms with Gasteiger partial charge in [0.25, 0.3) is 5.91 Å². The summed E-state index contributed by atoms with van der Waals surface area (Å²) in [4.78, 5) is 24.9. The summed E-state index contributed by atoms with van der Waals surface area (Å²) in [6.07, 6.45) is 0.400. The molecule has 1 amide bonds. The van der Waals surface area contributed by atoms with Gasteiger partial charge in [0.2, 0.25) is 10.0 Å². The Bertz CT molecular complexity index is 718. The number of rotatable bonds is 7.